The third kappa shape index (κ3) is 1.85. The van der Waals surface area contributed by atoms with Crippen molar-refractivity contribution in [3.8, 4) is 5.75 Å². The molecule has 2 rings (SSSR count). The van der Waals surface area contributed by atoms with Gasteiger partial charge in [0.1, 0.15) is 5.75 Å². The number of ether oxygens (including phenoxy) is 1. The number of nitrogens with two attached hydrogens (primary N) is 1. The molecule has 3 heteroatoms. The van der Waals surface area contributed by atoms with Crippen LogP contribution in [0.25, 0.3) is 10.1 Å². The maximum absolute atomic E-state index is 6.12. The van der Waals surface area contributed by atoms with Gasteiger partial charge in [0.05, 0.1) is 7.11 Å². The van der Waals surface area contributed by atoms with Gasteiger partial charge in [0, 0.05) is 15.6 Å². The van der Waals surface area contributed by atoms with Crippen LogP contribution in [0.15, 0.2) is 23.6 Å². The van der Waals surface area contributed by atoms with Crippen LogP contribution in [0.4, 0.5) is 0 Å². The molecule has 2 aromatic rings. The van der Waals surface area contributed by atoms with Crippen molar-refractivity contribution < 1.29 is 4.74 Å². The molecule has 0 bridgehead atoms. The Morgan fingerprint density at radius 3 is 2.67 bits per heavy atom. The molecule has 0 saturated heterocycles. The second kappa shape index (κ2) is 3.51. The van der Waals surface area contributed by atoms with E-state index in [0.29, 0.717) is 0 Å². The summed E-state index contributed by atoms with van der Waals surface area (Å²) in [6.07, 6.45) is 0. The van der Waals surface area contributed by atoms with Crippen LogP contribution >= 0.6 is 11.3 Å². The lowest BCUT2D eigenvalue weighted by atomic mass is 9.95. The largest absolute Gasteiger partial charge is 0.497 e. The molecule has 0 amide bonds. The van der Waals surface area contributed by atoms with Crippen molar-refractivity contribution in [2.24, 2.45) is 5.73 Å². The van der Waals surface area contributed by atoms with Crippen molar-refractivity contribution in [1.29, 1.82) is 0 Å². The molecule has 0 aliphatic carbocycles. The van der Waals surface area contributed by atoms with Crippen molar-refractivity contribution in [2.45, 2.75) is 19.4 Å². The Kier molecular flexibility index (Phi) is 2.44. The van der Waals surface area contributed by atoms with E-state index < -0.39 is 0 Å². The molecule has 0 radical (unpaired) electrons. The minimum Gasteiger partial charge on any atom is -0.497 e. The SMILES string of the molecule is COc1ccc2scc(C(C)(C)N)c2c1. The molecule has 1 aromatic carbocycles. The van der Waals surface area contributed by atoms with Crippen LogP contribution in [0.5, 0.6) is 5.75 Å². The van der Waals surface area contributed by atoms with E-state index in [1.165, 1.54) is 15.6 Å². The number of hydrogen-bond donors (Lipinski definition) is 1. The van der Waals surface area contributed by atoms with Gasteiger partial charge in [-0.05, 0) is 43.0 Å². The molecule has 1 aromatic heterocycles. The Morgan fingerprint density at radius 2 is 2.07 bits per heavy atom. The van der Waals surface area contributed by atoms with Crippen LogP contribution in [0.1, 0.15) is 19.4 Å². The minimum atomic E-state index is -0.301. The lowest BCUT2D eigenvalue weighted by Crippen LogP contribution is -2.28. The van der Waals surface area contributed by atoms with Crippen molar-refractivity contribution in [2.75, 3.05) is 7.11 Å². The Morgan fingerprint density at radius 1 is 1.33 bits per heavy atom. The minimum absolute atomic E-state index is 0.301. The van der Waals surface area contributed by atoms with Gasteiger partial charge in [0.15, 0.2) is 0 Å². The molecule has 80 valence electrons. The lowest BCUT2D eigenvalue weighted by Gasteiger charge is -2.17. The van der Waals surface area contributed by atoms with Gasteiger partial charge < -0.3 is 10.5 Å². The summed E-state index contributed by atoms with van der Waals surface area (Å²) in [4.78, 5) is 0. The molecule has 0 spiro atoms. The summed E-state index contributed by atoms with van der Waals surface area (Å²) in [6, 6.07) is 6.11. The third-order valence-corrected chi connectivity index (χ3v) is 3.44. The van der Waals surface area contributed by atoms with E-state index in [1.807, 2.05) is 19.9 Å². The molecule has 2 nitrogen and oxygen atoms in total. The normalized spacial score (nSPS) is 12.0. The summed E-state index contributed by atoms with van der Waals surface area (Å²) in [5, 5.41) is 3.33. The highest BCUT2D eigenvalue weighted by Gasteiger charge is 2.18. The van der Waals surface area contributed by atoms with Crippen LogP contribution in [0.3, 0.4) is 0 Å². The third-order valence-electron chi connectivity index (χ3n) is 2.47. The standard InChI is InChI=1S/C12H15NOS/c1-12(2,13)10-7-15-11-5-4-8(14-3)6-9(10)11/h4-7H,13H2,1-3H3. The molecule has 15 heavy (non-hydrogen) atoms. The van der Waals surface area contributed by atoms with Gasteiger partial charge >= 0.3 is 0 Å². The van der Waals surface area contributed by atoms with Gasteiger partial charge in [-0.25, -0.2) is 0 Å². The molecular weight excluding hydrogens is 206 g/mol. The first-order valence-electron chi connectivity index (χ1n) is 4.87. The fourth-order valence-corrected chi connectivity index (χ4v) is 2.75. The summed E-state index contributed by atoms with van der Waals surface area (Å²) in [5.41, 5.74) is 7.01. The zero-order chi connectivity index (χ0) is 11.1. The second-order valence-corrected chi connectivity index (χ2v) is 5.14. The van der Waals surface area contributed by atoms with Crippen molar-refractivity contribution in [1.82, 2.24) is 0 Å². The summed E-state index contributed by atoms with van der Waals surface area (Å²) in [5.74, 6) is 0.881. The number of benzene rings is 1. The zero-order valence-electron chi connectivity index (χ0n) is 9.20. The lowest BCUT2D eigenvalue weighted by molar-refractivity contribution is 0.415. The van der Waals surface area contributed by atoms with E-state index in [0.717, 1.165) is 5.75 Å². The van der Waals surface area contributed by atoms with Crippen LogP contribution < -0.4 is 10.5 Å². The van der Waals surface area contributed by atoms with E-state index in [1.54, 1.807) is 18.4 Å². The number of rotatable bonds is 2. The highest BCUT2D eigenvalue weighted by Crippen LogP contribution is 2.34. The van der Waals surface area contributed by atoms with E-state index in [-0.39, 0.29) is 5.54 Å². The average molecular weight is 221 g/mol. The maximum Gasteiger partial charge on any atom is 0.119 e. The Labute approximate surface area is 93.7 Å². The summed E-state index contributed by atoms with van der Waals surface area (Å²) in [6.45, 7) is 4.04. The van der Waals surface area contributed by atoms with E-state index >= 15 is 0 Å². The fourth-order valence-electron chi connectivity index (χ4n) is 1.63. The highest BCUT2D eigenvalue weighted by molar-refractivity contribution is 7.17. The predicted octanol–water partition coefficient (Wildman–Crippen LogP) is 3.10. The number of thiophene rings is 1. The van der Waals surface area contributed by atoms with Gasteiger partial charge in [-0.1, -0.05) is 0 Å². The van der Waals surface area contributed by atoms with Crippen LogP contribution in [0, 0.1) is 0 Å². The first-order valence-corrected chi connectivity index (χ1v) is 5.75. The van der Waals surface area contributed by atoms with Crippen LogP contribution in [-0.2, 0) is 5.54 Å². The molecule has 0 atom stereocenters. The summed E-state index contributed by atoms with van der Waals surface area (Å²) < 4.78 is 6.48. The molecule has 0 aliphatic heterocycles. The van der Waals surface area contributed by atoms with Gasteiger partial charge in [-0.15, -0.1) is 11.3 Å². The molecule has 1 heterocycles. The van der Waals surface area contributed by atoms with E-state index in [9.17, 15) is 0 Å². The van der Waals surface area contributed by atoms with Crippen LogP contribution in [0.2, 0.25) is 0 Å². The molecule has 0 aliphatic rings. The Balaban J connectivity index is 2.67. The maximum atomic E-state index is 6.12. The molecule has 0 saturated carbocycles. The fraction of sp³-hybridized carbons (Fsp3) is 0.333. The molecule has 0 unspecified atom stereocenters. The Hall–Kier alpha value is -1.06. The molecular formula is C12H15NOS. The summed E-state index contributed by atoms with van der Waals surface area (Å²) in [7, 11) is 1.68. The van der Waals surface area contributed by atoms with Gasteiger partial charge in [0.25, 0.3) is 0 Å². The van der Waals surface area contributed by atoms with Crippen molar-refractivity contribution in [3.05, 3.63) is 29.1 Å². The van der Waals surface area contributed by atoms with Gasteiger partial charge in [-0.2, -0.15) is 0 Å². The molecule has 2 N–H and O–H groups in total. The van der Waals surface area contributed by atoms with E-state index in [2.05, 4.69) is 17.5 Å². The number of hydrogen-bond acceptors (Lipinski definition) is 3. The quantitative estimate of drug-likeness (QED) is 0.845. The predicted molar refractivity (Wildman–Crippen MR) is 65.6 cm³/mol. The monoisotopic (exact) mass is 221 g/mol. The Bertz CT molecular complexity index is 482. The first-order chi connectivity index (χ1) is 7.02. The van der Waals surface area contributed by atoms with Crippen LogP contribution in [-0.4, -0.2) is 7.11 Å². The molecule has 0 fully saturated rings. The number of fused-ring (bicyclic) bond motifs is 1. The smallest absolute Gasteiger partial charge is 0.119 e. The van der Waals surface area contributed by atoms with Crippen molar-refractivity contribution >= 4 is 21.4 Å². The van der Waals surface area contributed by atoms with Crippen molar-refractivity contribution in [3.63, 3.8) is 0 Å². The number of methoxy groups -OCH3 is 1. The first kappa shape index (κ1) is 10.5. The van der Waals surface area contributed by atoms with Gasteiger partial charge in [0.2, 0.25) is 0 Å². The average Bonchev–Trinajstić information content (AvgIpc) is 2.59. The van der Waals surface area contributed by atoms with E-state index in [4.69, 9.17) is 10.5 Å². The second-order valence-electron chi connectivity index (χ2n) is 4.23. The summed E-state index contributed by atoms with van der Waals surface area (Å²) >= 11 is 1.72. The topological polar surface area (TPSA) is 35.2 Å². The highest BCUT2D eigenvalue weighted by atomic mass is 32.1. The van der Waals surface area contributed by atoms with Gasteiger partial charge in [-0.3, -0.25) is 0 Å². The zero-order valence-corrected chi connectivity index (χ0v) is 10.0.